The van der Waals surface area contributed by atoms with Crippen LogP contribution in [0.3, 0.4) is 0 Å². The minimum absolute atomic E-state index is 0.0827. The molecule has 2 N–H and O–H groups in total. The molecular weight excluding hydrogens is 196 g/mol. The lowest BCUT2D eigenvalue weighted by Gasteiger charge is -2.38. The Morgan fingerprint density at radius 2 is 1.67 bits per heavy atom. The number of carboxylic acids is 2. The van der Waals surface area contributed by atoms with Gasteiger partial charge >= 0.3 is 11.9 Å². The van der Waals surface area contributed by atoms with Crippen molar-refractivity contribution in [3.8, 4) is 0 Å². The van der Waals surface area contributed by atoms with E-state index in [0.29, 0.717) is 12.8 Å². The van der Waals surface area contributed by atoms with Crippen LogP contribution in [0, 0.1) is 10.8 Å². The molecule has 0 aliphatic heterocycles. The third kappa shape index (κ3) is 1.28. The molecular formula is C11H16O4. The lowest BCUT2D eigenvalue weighted by atomic mass is 9.62. The third-order valence-electron chi connectivity index (χ3n) is 3.70. The fourth-order valence-electron chi connectivity index (χ4n) is 2.59. The second-order valence-corrected chi connectivity index (χ2v) is 3.99. The van der Waals surface area contributed by atoms with Gasteiger partial charge in [0, 0.05) is 5.41 Å². The number of aliphatic carboxylic acids is 2. The van der Waals surface area contributed by atoms with Gasteiger partial charge in [-0.25, -0.2) is 0 Å². The van der Waals surface area contributed by atoms with E-state index in [1.54, 1.807) is 12.2 Å². The normalized spacial score (nSPS) is 21.5. The highest BCUT2D eigenvalue weighted by Gasteiger charge is 2.61. The van der Waals surface area contributed by atoms with Gasteiger partial charge < -0.3 is 10.2 Å². The zero-order chi connectivity index (χ0) is 11.7. The van der Waals surface area contributed by atoms with E-state index < -0.39 is 22.8 Å². The van der Waals surface area contributed by atoms with E-state index in [-0.39, 0.29) is 6.42 Å². The van der Waals surface area contributed by atoms with Gasteiger partial charge in [0.25, 0.3) is 0 Å². The van der Waals surface area contributed by atoms with Gasteiger partial charge in [-0.2, -0.15) is 0 Å². The first-order chi connectivity index (χ1) is 6.97. The second-order valence-electron chi connectivity index (χ2n) is 3.99. The van der Waals surface area contributed by atoms with E-state index in [9.17, 15) is 19.8 Å². The molecule has 0 bridgehead atoms. The first-order valence-corrected chi connectivity index (χ1v) is 5.11. The van der Waals surface area contributed by atoms with E-state index in [2.05, 4.69) is 0 Å². The van der Waals surface area contributed by atoms with Crippen LogP contribution in [0.25, 0.3) is 0 Å². The Balaban J connectivity index is 3.31. The molecule has 0 spiro atoms. The third-order valence-corrected chi connectivity index (χ3v) is 3.70. The largest absolute Gasteiger partial charge is 0.480 e. The lowest BCUT2D eigenvalue weighted by molar-refractivity contribution is -0.172. The standard InChI is InChI=1S/C11H16O4/c1-3-10(4-2)6-5-7-11(10,8(12)13)9(14)15/h5-6H,3-4,7H2,1-2H3,(H,12,13)(H,14,15). The minimum Gasteiger partial charge on any atom is -0.480 e. The van der Waals surface area contributed by atoms with Gasteiger partial charge in [0.2, 0.25) is 0 Å². The summed E-state index contributed by atoms with van der Waals surface area (Å²) in [6.07, 6.45) is 4.57. The van der Waals surface area contributed by atoms with Gasteiger partial charge in [-0.05, 0) is 19.3 Å². The fraction of sp³-hybridized carbons (Fsp3) is 0.636. The first-order valence-electron chi connectivity index (χ1n) is 5.11. The average molecular weight is 212 g/mol. The predicted molar refractivity (Wildman–Crippen MR) is 54.5 cm³/mol. The van der Waals surface area contributed by atoms with Crippen LogP contribution < -0.4 is 0 Å². The SMILES string of the molecule is CCC1(CC)C=CCC1(C(=O)O)C(=O)O. The van der Waals surface area contributed by atoms with Gasteiger partial charge in [-0.1, -0.05) is 26.0 Å². The molecule has 4 heteroatoms. The molecule has 1 aliphatic rings. The zero-order valence-electron chi connectivity index (χ0n) is 8.99. The number of carbonyl (C=O) groups is 2. The van der Waals surface area contributed by atoms with Crippen molar-refractivity contribution in [3.63, 3.8) is 0 Å². The van der Waals surface area contributed by atoms with Crippen LogP contribution in [-0.2, 0) is 9.59 Å². The van der Waals surface area contributed by atoms with Crippen molar-refractivity contribution in [3.05, 3.63) is 12.2 Å². The van der Waals surface area contributed by atoms with Gasteiger partial charge in [0.05, 0.1) is 0 Å². The molecule has 0 aromatic heterocycles. The number of rotatable bonds is 4. The summed E-state index contributed by atoms with van der Waals surface area (Å²) in [6, 6.07) is 0. The number of hydrogen-bond donors (Lipinski definition) is 2. The number of hydrogen-bond acceptors (Lipinski definition) is 2. The Morgan fingerprint density at radius 3 is 1.93 bits per heavy atom. The van der Waals surface area contributed by atoms with Gasteiger partial charge in [-0.15, -0.1) is 0 Å². The second kappa shape index (κ2) is 3.68. The van der Waals surface area contributed by atoms with Crippen molar-refractivity contribution in [2.45, 2.75) is 33.1 Å². The molecule has 1 aliphatic carbocycles. The van der Waals surface area contributed by atoms with Crippen LogP contribution >= 0.6 is 0 Å². The Kier molecular flexibility index (Phi) is 2.88. The molecule has 0 aromatic rings. The summed E-state index contributed by atoms with van der Waals surface area (Å²) >= 11 is 0. The van der Waals surface area contributed by atoms with Crippen molar-refractivity contribution in [2.75, 3.05) is 0 Å². The van der Waals surface area contributed by atoms with E-state index >= 15 is 0 Å². The van der Waals surface area contributed by atoms with Gasteiger partial charge in [0.15, 0.2) is 5.41 Å². The summed E-state index contributed by atoms with van der Waals surface area (Å²) in [5, 5.41) is 18.4. The van der Waals surface area contributed by atoms with Gasteiger partial charge in [-0.3, -0.25) is 9.59 Å². The molecule has 0 amide bonds. The van der Waals surface area contributed by atoms with Crippen molar-refractivity contribution < 1.29 is 19.8 Å². The Bertz CT molecular complexity index is 299. The molecule has 0 unspecified atom stereocenters. The van der Waals surface area contributed by atoms with E-state index in [1.807, 2.05) is 13.8 Å². The topological polar surface area (TPSA) is 74.6 Å². The van der Waals surface area contributed by atoms with E-state index in [4.69, 9.17) is 0 Å². The smallest absolute Gasteiger partial charge is 0.322 e. The molecule has 0 heterocycles. The van der Waals surface area contributed by atoms with Crippen LogP contribution in [-0.4, -0.2) is 22.2 Å². The van der Waals surface area contributed by atoms with Gasteiger partial charge in [0.1, 0.15) is 0 Å². The Morgan fingerprint density at radius 1 is 1.20 bits per heavy atom. The highest BCUT2D eigenvalue weighted by atomic mass is 16.4. The van der Waals surface area contributed by atoms with Crippen molar-refractivity contribution in [2.24, 2.45) is 10.8 Å². The molecule has 0 atom stereocenters. The average Bonchev–Trinajstić information content (AvgIpc) is 2.58. The highest BCUT2D eigenvalue weighted by molar-refractivity contribution is 6.00. The maximum Gasteiger partial charge on any atom is 0.322 e. The quantitative estimate of drug-likeness (QED) is 0.551. The first kappa shape index (κ1) is 11.8. The van der Waals surface area contributed by atoms with Crippen LogP contribution in [0.5, 0.6) is 0 Å². The van der Waals surface area contributed by atoms with Crippen molar-refractivity contribution in [1.29, 1.82) is 0 Å². The monoisotopic (exact) mass is 212 g/mol. The Labute approximate surface area is 88.6 Å². The number of allylic oxidation sites excluding steroid dienone is 2. The molecule has 84 valence electrons. The maximum atomic E-state index is 11.3. The molecule has 0 radical (unpaired) electrons. The summed E-state index contributed by atoms with van der Waals surface area (Å²) in [4.78, 5) is 22.6. The minimum atomic E-state index is -1.67. The van der Waals surface area contributed by atoms with Crippen LogP contribution in [0.15, 0.2) is 12.2 Å². The molecule has 1 rings (SSSR count). The summed E-state index contributed by atoms with van der Waals surface area (Å²) in [6.45, 7) is 3.67. The molecule has 0 fully saturated rings. The van der Waals surface area contributed by atoms with E-state index in [0.717, 1.165) is 0 Å². The summed E-state index contributed by atoms with van der Waals surface area (Å²) in [5.41, 5.74) is -2.42. The summed E-state index contributed by atoms with van der Waals surface area (Å²) < 4.78 is 0. The van der Waals surface area contributed by atoms with Crippen LogP contribution in [0.2, 0.25) is 0 Å². The van der Waals surface area contributed by atoms with Crippen LogP contribution in [0.1, 0.15) is 33.1 Å². The molecule has 0 aromatic carbocycles. The fourth-order valence-corrected chi connectivity index (χ4v) is 2.59. The number of carboxylic acid groups (broad SMARTS) is 2. The zero-order valence-corrected chi connectivity index (χ0v) is 8.99. The molecule has 0 saturated carbocycles. The predicted octanol–water partition coefficient (Wildman–Crippen LogP) is 1.91. The molecule has 0 saturated heterocycles. The maximum absolute atomic E-state index is 11.3. The van der Waals surface area contributed by atoms with Crippen molar-refractivity contribution in [1.82, 2.24) is 0 Å². The Hall–Kier alpha value is -1.32. The van der Waals surface area contributed by atoms with Crippen LogP contribution in [0.4, 0.5) is 0 Å². The highest BCUT2D eigenvalue weighted by Crippen LogP contribution is 2.53. The summed E-state index contributed by atoms with van der Waals surface area (Å²) in [7, 11) is 0. The van der Waals surface area contributed by atoms with E-state index in [1.165, 1.54) is 0 Å². The molecule has 15 heavy (non-hydrogen) atoms. The lowest BCUT2D eigenvalue weighted by Crippen LogP contribution is -2.49. The molecule has 4 nitrogen and oxygen atoms in total. The summed E-state index contributed by atoms with van der Waals surface area (Å²) in [5.74, 6) is -2.47. The van der Waals surface area contributed by atoms with Crippen molar-refractivity contribution >= 4 is 11.9 Å².